The molecular weight excluding hydrogens is 178 g/mol. The van der Waals surface area contributed by atoms with Crippen LogP contribution in [0, 0.1) is 0 Å². The van der Waals surface area contributed by atoms with Gasteiger partial charge in [-0.15, -0.1) is 0 Å². The van der Waals surface area contributed by atoms with Crippen molar-refractivity contribution in [3.8, 4) is 11.3 Å². The molecule has 0 amide bonds. The minimum Gasteiger partial charge on any atom is -0.392 e. The molecule has 2 aromatic heterocycles. The summed E-state index contributed by atoms with van der Waals surface area (Å²) in [6.45, 7) is 0.0281. The van der Waals surface area contributed by atoms with Gasteiger partial charge in [-0.3, -0.25) is 9.67 Å². The van der Waals surface area contributed by atoms with E-state index in [9.17, 15) is 0 Å². The second-order valence-corrected chi connectivity index (χ2v) is 3.11. The Balaban J connectivity index is 2.33. The van der Waals surface area contributed by atoms with Crippen molar-refractivity contribution >= 4 is 0 Å². The standard InChI is InChI=1S/C10H11N3O/c1-13-6-9(5-12-13)10-3-2-8(7-14)4-11-10/h2-6,14H,7H2,1H3. The first-order valence-electron chi connectivity index (χ1n) is 4.34. The third-order valence-electron chi connectivity index (χ3n) is 2.01. The molecule has 0 saturated carbocycles. The van der Waals surface area contributed by atoms with Crippen LogP contribution in [0.4, 0.5) is 0 Å². The number of aryl methyl sites for hydroxylation is 1. The lowest BCUT2D eigenvalue weighted by Crippen LogP contribution is -1.87. The molecule has 0 spiro atoms. The molecule has 2 heterocycles. The fourth-order valence-corrected chi connectivity index (χ4v) is 1.24. The predicted molar refractivity (Wildman–Crippen MR) is 52.4 cm³/mol. The summed E-state index contributed by atoms with van der Waals surface area (Å²) in [4.78, 5) is 4.22. The Morgan fingerprint density at radius 3 is 2.71 bits per heavy atom. The quantitative estimate of drug-likeness (QED) is 0.766. The van der Waals surface area contributed by atoms with Crippen LogP contribution in [-0.2, 0) is 13.7 Å². The average molecular weight is 189 g/mol. The van der Waals surface area contributed by atoms with Gasteiger partial charge in [0.2, 0.25) is 0 Å². The van der Waals surface area contributed by atoms with Crippen LogP contribution in [-0.4, -0.2) is 19.9 Å². The van der Waals surface area contributed by atoms with E-state index in [2.05, 4.69) is 10.1 Å². The summed E-state index contributed by atoms with van der Waals surface area (Å²) in [6.07, 6.45) is 5.34. The summed E-state index contributed by atoms with van der Waals surface area (Å²) in [6, 6.07) is 3.73. The van der Waals surface area contributed by atoms with E-state index in [-0.39, 0.29) is 6.61 Å². The predicted octanol–water partition coefficient (Wildman–Crippen LogP) is 0.974. The molecule has 0 aromatic carbocycles. The van der Waals surface area contributed by atoms with Crippen LogP contribution in [0.2, 0.25) is 0 Å². The molecule has 0 bridgehead atoms. The lowest BCUT2D eigenvalue weighted by Gasteiger charge is -1.97. The summed E-state index contributed by atoms with van der Waals surface area (Å²) in [5, 5.41) is 12.9. The number of pyridine rings is 1. The number of nitrogens with zero attached hydrogens (tertiary/aromatic N) is 3. The Morgan fingerprint density at radius 2 is 2.21 bits per heavy atom. The maximum atomic E-state index is 8.85. The Labute approximate surface area is 81.8 Å². The van der Waals surface area contributed by atoms with Crippen LogP contribution in [0.15, 0.2) is 30.7 Å². The van der Waals surface area contributed by atoms with Crippen molar-refractivity contribution in [3.63, 3.8) is 0 Å². The van der Waals surface area contributed by atoms with Crippen molar-refractivity contribution in [1.82, 2.24) is 14.8 Å². The smallest absolute Gasteiger partial charge is 0.0733 e. The fourth-order valence-electron chi connectivity index (χ4n) is 1.24. The Kier molecular flexibility index (Phi) is 2.28. The van der Waals surface area contributed by atoms with Gasteiger partial charge in [-0.05, 0) is 11.6 Å². The average Bonchev–Trinajstić information content (AvgIpc) is 2.65. The van der Waals surface area contributed by atoms with Gasteiger partial charge in [0.05, 0.1) is 18.5 Å². The summed E-state index contributed by atoms with van der Waals surface area (Å²) in [5.74, 6) is 0. The van der Waals surface area contributed by atoms with Crippen LogP contribution in [0.25, 0.3) is 11.3 Å². The lowest BCUT2D eigenvalue weighted by molar-refractivity contribution is 0.281. The number of aliphatic hydroxyl groups is 1. The summed E-state index contributed by atoms with van der Waals surface area (Å²) >= 11 is 0. The molecule has 2 aromatic rings. The van der Waals surface area contributed by atoms with Gasteiger partial charge < -0.3 is 5.11 Å². The van der Waals surface area contributed by atoms with Crippen molar-refractivity contribution in [2.45, 2.75) is 6.61 Å². The molecule has 1 N–H and O–H groups in total. The molecule has 0 aliphatic heterocycles. The van der Waals surface area contributed by atoms with Gasteiger partial charge in [0.1, 0.15) is 0 Å². The molecule has 0 atom stereocenters. The topological polar surface area (TPSA) is 50.9 Å². The molecule has 0 radical (unpaired) electrons. The van der Waals surface area contributed by atoms with Gasteiger partial charge in [0.25, 0.3) is 0 Å². The Bertz CT molecular complexity index is 419. The molecular formula is C10H11N3O. The van der Waals surface area contributed by atoms with Crippen molar-refractivity contribution in [2.75, 3.05) is 0 Å². The summed E-state index contributed by atoms with van der Waals surface area (Å²) in [5.41, 5.74) is 2.67. The van der Waals surface area contributed by atoms with Crippen LogP contribution in [0.3, 0.4) is 0 Å². The second kappa shape index (κ2) is 3.59. The number of aliphatic hydroxyl groups excluding tert-OH is 1. The number of aromatic nitrogens is 3. The Hall–Kier alpha value is -1.68. The Morgan fingerprint density at radius 1 is 1.36 bits per heavy atom. The third kappa shape index (κ3) is 1.65. The molecule has 0 aliphatic carbocycles. The summed E-state index contributed by atoms with van der Waals surface area (Å²) in [7, 11) is 1.87. The maximum absolute atomic E-state index is 8.85. The first-order chi connectivity index (χ1) is 6.79. The highest BCUT2D eigenvalue weighted by atomic mass is 16.3. The molecule has 0 aliphatic rings. The van der Waals surface area contributed by atoms with Crippen LogP contribution in [0.5, 0.6) is 0 Å². The first-order valence-corrected chi connectivity index (χ1v) is 4.34. The van der Waals surface area contributed by atoms with Crippen LogP contribution >= 0.6 is 0 Å². The molecule has 0 saturated heterocycles. The van der Waals surface area contributed by atoms with Crippen molar-refractivity contribution in [2.24, 2.45) is 7.05 Å². The van der Waals surface area contributed by atoms with Crippen molar-refractivity contribution < 1.29 is 5.11 Å². The summed E-state index contributed by atoms with van der Waals surface area (Å²) < 4.78 is 1.73. The maximum Gasteiger partial charge on any atom is 0.0733 e. The lowest BCUT2D eigenvalue weighted by atomic mass is 10.2. The highest BCUT2D eigenvalue weighted by Crippen LogP contribution is 2.15. The molecule has 72 valence electrons. The molecule has 4 heteroatoms. The van der Waals surface area contributed by atoms with E-state index in [0.717, 1.165) is 16.8 Å². The van der Waals surface area contributed by atoms with Crippen molar-refractivity contribution in [1.29, 1.82) is 0 Å². The fraction of sp³-hybridized carbons (Fsp3) is 0.200. The third-order valence-corrected chi connectivity index (χ3v) is 2.01. The molecule has 14 heavy (non-hydrogen) atoms. The van der Waals surface area contributed by atoms with E-state index in [1.165, 1.54) is 0 Å². The van der Waals surface area contributed by atoms with E-state index < -0.39 is 0 Å². The first kappa shape index (κ1) is 8.90. The van der Waals surface area contributed by atoms with Gasteiger partial charge >= 0.3 is 0 Å². The molecule has 0 fully saturated rings. The zero-order chi connectivity index (χ0) is 9.97. The van der Waals surface area contributed by atoms with Gasteiger partial charge in [0.15, 0.2) is 0 Å². The normalized spacial score (nSPS) is 10.4. The van der Waals surface area contributed by atoms with Gasteiger partial charge in [0, 0.05) is 25.0 Å². The monoisotopic (exact) mass is 189 g/mol. The highest BCUT2D eigenvalue weighted by Gasteiger charge is 2.00. The van der Waals surface area contributed by atoms with Crippen molar-refractivity contribution in [3.05, 3.63) is 36.3 Å². The minimum atomic E-state index is 0.0281. The van der Waals surface area contributed by atoms with Gasteiger partial charge in [-0.2, -0.15) is 5.10 Å². The number of rotatable bonds is 2. The second-order valence-electron chi connectivity index (χ2n) is 3.11. The largest absolute Gasteiger partial charge is 0.392 e. The minimum absolute atomic E-state index is 0.0281. The molecule has 0 unspecified atom stereocenters. The van der Waals surface area contributed by atoms with E-state index in [1.54, 1.807) is 17.1 Å². The van der Waals surface area contributed by atoms with E-state index in [0.29, 0.717) is 0 Å². The van der Waals surface area contributed by atoms with E-state index in [4.69, 9.17) is 5.11 Å². The zero-order valence-electron chi connectivity index (χ0n) is 7.88. The van der Waals surface area contributed by atoms with Gasteiger partial charge in [-0.1, -0.05) is 6.07 Å². The van der Waals surface area contributed by atoms with E-state index >= 15 is 0 Å². The van der Waals surface area contributed by atoms with E-state index in [1.807, 2.05) is 25.4 Å². The number of hydrogen-bond acceptors (Lipinski definition) is 3. The number of hydrogen-bond donors (Lipinski definition) is 1. The van der Waals surface area contributed by atoms with Crippen LogP contribution < -0.4 is 0 Å². The van der Waals surface area contributed by atoms with Gasteiger partial charge in [-0.25, -0.2) is 0 Å². The SMILES string of the molecule is Cn1cc(-c2ccc(CO)cn2)cn1. The molecule has 2 rings (SSSR count). The van der Waals surface area contributed by atoms with Crippen LogP contribution in [0.1, 0.15) is 5.56 Å². The highest BCUT2D eigenvalue weighted by molar-refractivity contribution is 5.56. The molecule has 4 nitrogen and oxygen atoms in total. The zero-order valence-corrected chi connectivity index (χ0v) is 7.88.